The third kappa shape index (κ3) is 2.20. The molecule has 82 valence electrons. The predicted molar refractivity (Wildman–Crippen MR) is 63.3 cm³/mol. The van der Waals surface area contributed by atoms with Crippen molar-refractivity contribution in [3.05, 3.63) is 11.6 Å². The van der Waals surface area contributed by atoms with Crippen molar-refractivity contribution in [1.29, 1.82) is 0 Å². The van der Waals surface area contributed by atoms with Gasteiger partial charge in [0.05, 0.1) is 0 Å². The van der Waals surface area contributed by atoms with Crippen molar-refractivity contribution in [3.8, 4) is 0 Å². The van der Waals surface area contributed by atoms with Crippen LogP contribution in [0.2, 0.25) is 0 Å². The van der Waals surface area contributed by atoms with Crippen molar-refractivity contribution >= 4 is 0 Å². The van der Waals surface area contributed by atoms with Crippen molar-refractivity contribution in [2.75, 3.05) is 6.54 Å². The normalized spacial score (nSPS) is 38.2. The standard InChI is InChI=1S/C13H25N/c1-6-12-8-13(14-7-2)11(5)9(3)10(12)4/h8-11,13-14H,6-7H2,1-5H3. The van der Waals surface area contributed by atoms with Crippen molar-refractivity contribution in [3.63, 3.8) is 0 Å². The van der Waals surface area contributed by atoms with Crippen molar-refractivity contribution in [1.82, 2.24) is 5.32 Å². The highest BCUT2D eigenvalue weighted by molar-refractivity contribution is 5.16. The van der Waals surface area contributed by atoms with Gasteiger partial charge >= 0.3 is 0 Å². The molecule has 1 heteroatoms. The Morgan fingerprint density at radius 3 is 2.29 bits per heavy atom. The average Bonchev–Trinajstić information content (AvgIpc) is 2.19. The predicted octanol–water partition coefficient (Wildman–Crippen LogP) is 3.22. The van der Waals surface area contributed by atoms with Gasteiger partial charge in [-0.1, -0.05) is 46.3 Å². The Balaban J connectivity index is 2.81. The smallest absolute Gasteiger partial charge is 0.0281 e. The molecule has 0 saturated heterocycles. The molecule has 0 aromatic carbocycles. The SMILES string of the molecule is CCNC1C=C(CC)C(C)C(C)C1C. The van der Waals surface area contributed by atoms with Crippen molar-refractivity contribution < 1.29 is 0 Å². The van der Waals surface area contributed by atoms with E-state index in [-0.39, 0.29) is 0 Å². The first kappa shape index (κ1) is 11.8. The molecule has 0 aromatic rings. The summed E-state index contributed by atoms with van der Waals surface area (Å²) in [5, 5.41) is 3.57. The maximum absolute atomic E-state index is 3.57. The van der Waals surface area contributed by atoms with Gasteiger partial charge in [0.2, 0.25) is 0 Å². The highest BCUT2D eigenvalue weighted by atomic mass is 14.9. The van der Waals surface area contributed by atoms with Crippen LogP contribution in [0.3, 0.4) is 0 Å². The van der Waals surface area contributed by atoms with E-state index in [1.165, 1.54) is 6.42 Å². The Kier molecular flexibility index (Phi) is 4.18. The van der Waals surface area contributed by atoms with Gasteiger partial charge in [0.25, 0.3) is 0 Å². The first-order valence-electron chi connectivity index (χ1n) is 6.05. The second kappa shape index (κ2) is 4.97. The minimum atomic E-state index is 0.598. The second-order valence-electron chi connectivity index (χ2n) is 4.69. The molecule has 1 aliphatic carbocycles. The molecule has 4 atom stereocenters. The highest BCUT2D eigenvalue weighted by Crippen LogP contribution is 2.35. The molecule has 0 aliphatic heterocycles. The van der Waals surface area contributed by atoms with Gasteiger partial charge in [0.1, 0.15) is 0 Å². The Morgan fingerprint density at radius 2 is 1.79 bits per heavy atom. The van der Waals surface area contributed by atoms with Gasteiger partial charge in [0, 0.05) is 6.04 Å². The fourth-order valence-corrected chi connectivity index (χ4v) is 2.57. The van der Waals surface area contributed by atoms with E-state index in [0.29, 0.717) is 6.04 Å². The van der Waals surface area contributed by atoms with E-state index < -0.39 is 0 Å². The molecular formula is C13H25N. The van der Waals surface area contributed by atoms with Crippen LogP contribution in [-0.2, 0) is 0 Å². The first-order valence-corrected chi connectivity index (χ1v) is 6.05. The lowest BCUT2D eigenvalue weighted by Crippen LogP contribution is -2.41. The lowest BCUT2D eigenvalue weighted by atomic mass is 9.71. The molecule has 1 nitrogen and oxygen atoms in total. The van der Waals surface area contributed by atoms with Crippen LogP contribution in [0.5, 0.6) is 0 Å². The number of nitrogens with one attached hydrogen (secondary N) is 1. The highest BCUT2D eigenvalue weighted by Gasteiger charge is 2.30. The third-order valence-corrected chi connectivity index (χ3v) is 4.01. The summed E-state index contributed by atoms with van der Waals surface area (Å²) >= 11 is 0. The molecule has 0 aromatic heterocycles. The number of hydrogen-bond acceptors (Lipinski definition) is 1. The lowest BCUT2D eigenvalue weighted by molar-refractivity contribution is 0.242. The topological polar surface area (TPSA) is 12.0 Å². The summed E-state index contributed by atoms with van der Waals surface area (Å²) in [7, 11) is 0. The largest absolute Gasteiger partial charge is 0.311 e. The molecule has 0 bridgehead atoms. The van der Waals surface area contributed by atoms with Crippen molar-refractivity contribution in [2.45, 2.75) is 47.1 Å². The third-order valence-electron chi connectivity index (χ3n) is 4.01. The van der Waals surface area contributed by atoms with E-state index in [1.54, 1.807) is 5.57 Å². The van der Waals surface area contributed by atoms with Crippen molar-refractivity contribution in [2.24, 2.45) is 17.8 Å². The molecule has 1 aliphatic rings. The first-order chi connectivity index (χ1) is 6.61. The van der Waals surface area contributed by atoms with E-state index in [1.807, 2.05) is 0 Å². The molecule has 0 heterocycles. The summed E-state index contributed by atoms with van der Waals surface area (Å²) in [5.74, 6) is 2.34. The van der Waals surface area contributed by atoms with Gasteiger partial charge in [-0.2, -0.15) is 0 Å². The molecule has 0 amide bonds. The summed E-state index contributed by atoms with van der Waals surface area (Å²) in [5.41, 5.74) is 1.64. The maximum atomic E-state index is 3.57. The zero-order chi connectivity index (χ0) is 10.7. The second-order valence-corrected chi connectivity index (χ2v) is 4.69. The van der Waals surface area contributed by atoms with E-state index in [0.717, 1.165) is 24.3 Å². The van der Waals surface area contributed by atoms with Crippen LogP contribution in [0.1, 0.15) is 41.0 Å². The van der Waals surface area contributed by atoms with Crippen LogP contribution in [0, 0.1) is 17.8 Å². The molecule has 1 N–H and O–H groups in total. The molecule has 0 fully saturated rings. The Hall–Kier alpha value is -0.300. The summed E-state index contributed by atoms with van der Waals surface area (Å²) in [6, 6.07) is 0.598. The van der Waals surface area contributed by atoms with Crippen LogP contribution >= 0.6 is 0 Å². The molecular weight excluding hydrogens is 170 g/mol. The van der Waals surface area contributed by atoms with Gasteiger partial charge in [-0.3, -0.25) is 0 Å². The fourth-order valence-electron chi connectivity index (χ4n) is 2.57. The summed E-state index contributed by atoms with van der Waals surface area (Å²) in [4.78, 5) is 0. The van der Waals surface area contributed by atoms with E-state index in [4.69, 9.17) is 0 Å². The molecule has 0 saturated carbocycles. The minimum absolute atomic E-state index is 0.598. The Labute approximate surface area is 89.0 Å². The summed E-state index contributed by atoms with van der Waals surface area (Å²) < 4.78 is 0. The Morgan fingerprint density at radius 1 is 1.14 bits per heavy atom. The van der Waals surface area contributed by atoms with Gasteiger partial charge < -0.3 is 5.32 Å². The van der Waals surface area contributed by atoms with Gasteiger partial charge in [0.15, 0.2) is 0 Å². The fraction of sp³-hybridized carbons (Fsp3) is 0.846. The summed E-state index contributed by atoms with van der Waals surface area (Å²) in [6.45, 7) is 12.7. The zero-order valence-corrected chi connectivity index (χ0v) is 10.3. The van der Waals surface area contributed by atoms with E-state index >= 15 is 0 Å². The molecule has 4 unspecified atom stereocenters. The van der Waals surface area contributed by atoms with Gasteiger partial charge in [-0.15, -0.1) is 0 Å². The average molecular weight is 195 g/mol. The minimum Gasteiger partial charge on any atom is -0.311 e. The maximum Gasteiger partial charge on any atom is 0.0281 e. The quantitative estimate of drug-likeness (QED) is 0.682. The number of rotatable bonds is 3. The monoisotopic (exact) mass is 195 g/mol. The van der Waals surface area contributed by atoms with Crippen LogP contribution in [0.4, 0.5) is 0 Å². The molecule has 0 spiro atoms. The van der Waals surface area contributed by atoms with Gasteiger partial charge in [-0.05, 0) is 30.7 Å². The molecule has 1 rings (SSSR count). The summed E-state index contributed by atoms with van der Waals surface area (Å²) in [6.07, 6.45) is 3.68. The van der Waals surface area contributed by atoms with Crippen LogP contribution in [0.15, 0.2) is 11.6 Å². The van der Waals surface area contributed by atoms with Crippen LogP contribution in [0.25, 0.3) is 0 Å². The van der Waals surface area contributed by atoms with E-state index in [2.05, 4.69) is 46.0 Å². The number of allylic oxidation sites excluding steroid dienone is 1. The number of hydrogen-bond donors (Lipinski definition) is 1. The van der Waals surface area contributed by atoms with Gasteiger partial charge in [-0.25, -0.2) is 0 Å². The molecule has 14 heavy (non-hydrogen) atoms. The Bertz CT molecular complexity index is 207. The molecule has 0 radical (unpaired) electrons. The number of likely N-dealkylation sites (N-methyl/N-ethyl adjacent to an activating group) is 1. The van der Waals surface area contributed by atoms with E-state index in [9.17, 15) is 0 Å². The van der Waals surface area contributed by atoms with Crippen LogP contribution < -0.4 is 5.32 Å². The van der Waals surface area contributed by atoms with Crippen LogP contribution in [-0.4, -0.2) is 12.6 Å². The lowest BCUT2D eigenvalue weighted by Gasteiger charge is -2.38. The zero-order valence-electron chi connectivity index (χ0n) is 10.3.